The minimum Gasteiger partial charge on any atom is -0.465 e. The van der Waals surface area contributed by atoms with Crippen molar-refractivity contribution in [3.8, 4) is 0 Å². The standard InChI is InChI=1S/C23H25FN2O4/c1-14-12-20(30-13-19(14)25-23(28)29)22(27)26-11-10-15-4-2-3-5-18(15)21(26)16-6-8-17(24)9-7-16/h2-9,14,19-21,25H,10-13H2,1H3,(H,28,29)/t14-,19-,20-,21-/m0/s1. The molecule has 0 aromatic heterocycles. The second-order valence-corrected chi connectivity index (χ2v) is 8.03. The average molecular weight is 412 g/mol. The van der Waals surface area contributed by atoms with Crippen LogP contribution in [0.15, 0.2) is 48.5 Å². The van der Waals surface area contributed by atoms with Crippen molar-refractivity contribution in [2.45, 2.75) is 38.0 Å². The van der Waals surface area contributed by atoms with E-state index in [1.54, 1.807) is 12.1 Å². The molecule has 4 rings (SSSR count). The zero-order chi connectivity index (χ0) is 21.3. The van der Waals surface area contributed by atoms with Gasteiger partial charge in [-0.05, 0) is 47.6 Å². The van der Waals surface area contributed by atoms with Gasteiger partial charge in [0, 0.05) is 6.54 Å². The largest absolute Gasteiger partial charge is 0.465 e. The summed E-state index contributed by atoms with van der Waals surface area (Å²) >= 11 is 0. The Labute approximate surface area is 174 Å². The van der Waals surface area contributed by atoms with Crippen molar-refractivity contribution in [3.05, 3.63) is 71.0 Å². The summed E-state index contributed by atoms with van der Waals surface area (Å²) in [5.74, 6) is -0.452. The maximum Gasteiger partial charge on any atom is 0.404 e. The van der Waals surface area contributed by atoms with Crippen molar-refractivity contribution in [2.75, 3.05) is 13.2 Å². The molecule has 2 aliphatic heterocycles. The van der Waals surface area contributed by atoms with E-state index in [9.17, 15) is 14.0 Å². The number of fused-ring (bicyclic) bond motifs is 1. The zero-order valence-corrected chi connectivity index (χ0v) is 16.8. The predicted molar refractivity (Wildman–Crippen MR) is 109 cm³/mol. The van der Waals surface area contributed by atoms with E-state index in [1.165, 1.54) is 17.7 Å². The molecule has 0 saturated carbocycles. The minimum atomic E-state index is -1.09. The molecule has 4 atom stereocenters. The summed E-state index contributed by atoms with van der Waals surface area (Å²) in [4.78, 5) is 26.2. The van der Waals surface area contributed by atoms with Crippen LogP contribution in [0, 0.1) is 11.7 Å². The maximum atomic E-state index is 13.5. The number of carbonyl (C=O) groups excluding carboxylic acids is 1. The van der Waals surface area contributed by atoms with Gasteiger partial charge in [-0.15, -0.1) is 0 Å². The molecule has 1 saturated heterocycles. The number of benzene rings is 2. The summed E-state index contributed by atoms with van der Waals surface area (Å²) < 4.78 is 19.3. The second kappa shape index (κ2) is 8.44. The Morgan fingerprint density at radius 3 is 2.60 bits per heavy atom. The Kier molecular flexibility index (Phi) is 5.72. The summed E-state index contributed by atoms with van der Waals surface area (Å²) in [5, 5.41) is 11.4. The molecule has 2 amide bonds. The first-order valence-electron chi connectivity index (χ1n) is 10.2. The molecule has 7 heteroatoms. The molecule has 0 spiro atoms. The molecular weight excluding hydrogens is 387 g/mol. The van der Waals surface area contributed by atoms with E-state index in [0.29, 0.717) is 13.0 Å². The minimum absolute atomic E-state index is 0.0230. The van der Waals surface area contributed by atoms with Crippen molar-refractivity contribution in [2.24, 2.45) is 5.92 Å². The molecule has 6 nitrogen and oxygen atoms in total. The van der Waals surface area contributed by atoms with E-state index >= 15 is 0 Å². The number of nitrogens with zero attached hydrogens (tertiary/aromatic N) is 1. The Balaban J connectivity index is 1.60. The van der Waals surface area contributed by atoms with Gasteiger partial charge in [0.1, 0.15) is 11.9 Å². The summed E-state index contributed by atoms with van der Waals surface area (Å²) in [5.41, 5.74) is 3.07. The van der Waals surface area contributed by atoms with Gasteiger partial charge in [0.2, 0.25) is 0 Å². The third-order valence-electron chi connectivity index (χ3n) is 6.09. The van der Waals surface area contributed by atoms with Crippen LogP contribution in [0.25, 0.3) is 0 Å². The number of ether oxygens (including phenoxy) is 1. The highest BCUT2D eigenvalue weighted by molar-refractivity contribution is 5.82. The molecule has 30 heavy (non-hydrogen) atoms. The van der Waals surface area contributed by atoms with E-state index in [-0.39, 0.29) is 36.3 Å². The van der Waals surface area contributed by atoms with Crippen molar-refractivity contribution in [1.82, 2.24) is 10.2 Å². The third-order valence-corrected chi connectivity index (χ3v) is 6.09. The van der Waals surface area contributed by atoms with E-state index in [2.05, 4.69) is 11.4 Å². The van der Waals surface area contributed by atoms with Gasteiger partial charge in [-0.25, -0.2) is 9.18 Å². The summed E-state index contributed by atoms with van der Waals surface area (Å²) in [6.07, 6.45) is -0.535. The Morgan fingerprint density at radius 1 is 1.17 bits per heavy atom. The van der Waals surface area contributed by atoms with E-state index < -0.39 is 12.2 Å². The van der Waals surface area contributed by atoms with Gasteiger partial charge in [-0.1, -0.05) is 43.3 Å². The van der Waals surface area contributed by atoms with E-state index in [1.807, 2.05) is 30.0 Å². The SMILES string of the molecule is C[C@H]1C[C@@H](C(=O)N2CCc3ccccc3[C@@H]2c2ccc(F)cc2)OC[C@@H]1NC(=O)O. The Morgan fingerprint density at radius 2 is 1.90 bits per heavy atom. The van der Waals surface area contributed by atoms with Crippen molar-refractivity contribution in [1.29, 1.82) is 0 Å². The molecule has 0 aliphatic carbocycles. The van der Waals surface area contributed by atoms with Crippen LogP contribution >= 0.6 is 0 Å². The topological polar surface area (TPSA) is 78.9 Å². The number of carboxylic acid groups (broad SMARTS) is 1. The first-order chi connectivity index (χ1) is 14.4. The van der Waals surface area contributed by atoms with Gasteiger partial charge < -0.3 is 20.1 Å². The first-order valence-corrected chi connectivity index (χ1v) is 10.2. The molecular formula is C23H25FN2O4. The second-order valence-electron chi connectivity index (χ2n) is 8.03. The molecule has 2 aromatic carbocycles. The molecule has 0 radical (unpaired) electrons. The number of hydrogen-bond acceptors (Lipinski definition) is 3. The molecule has 2 aliphatic rings. The normalized spacial score (nSPS) is 26.0. The fourth-order valence-corrected chi connectivity index (χ4v) is 4.46. The number of hydrogen-bond donors (Lipinski definition) is 2. The van der Waals surface area contributed by atoms with Crippen LogP contribution in [0.3, 0.4) is 0 Å². The highest BCUT2D eigenvalue weighted by atomic mass is 19.1. The van der Waals surface area contributed by atoms with Crippen molar-refractivity contribution < 1.29 is 23.8 Å². The summed E-state index contributed by atoms with van der Waals surface area (Å²) in [6, 6.07) is 13.6. The smallest absolute Gasteiger partial charge is 0.404 e. The highest BCUT2D eigenvalue weighted by Gasteiger charge is 2.39. The monoisotopic (exact) mass is 412 g/mol. The van der Waals surface area contributed by atoms with Crippen LogP contribution in [0.5, 0.6) is 0 Å². The number of nitrogens with one attached hydrogen (secondary N) is 1. The molecule has 0 unspecified atom stereocenters. The fraction of sp³-hybridized carbons (Fsp3) is 0.391. The van der Waals surface area contributed by atoms with Gasteiger partial charge in [0.05, 0.1) is 18.7 Å². The number of carbonyl (C=O) groups is 2. The molecule has 2 heterocycles. The lowest BCUT2D eigenvalue weighted by Gasteiger charge is -2.41. The Bertz CT molecular complexity index is 933. The lowest BCUT2D eigenvalue weighted by atomic mass is 9.86. The lowest BCUT2D eigenvalue weighted by Crippen LogP contribution is -2.53. The highest BCUT2D eigenvalue weighted by Crippen LogP contribution is 2.36. The third kappa shape index (κ3) is 4.03. The van der Waals surface area contributed by atoms with Crippen LogP contribution in [0.4, 0.5) is 9.18 Å². The molecule has 2 aromatic rings. The summed E-state index contributed by atoms with van der Waals surface area (Å²) in [7, 11) is 0. The van der Waals surface area contributed by atoms with Gasteiger partial charge in [0.25, 0.3) is 5.91 Å². The van der Waals surface area contributed by atoms with Gasteiger partial charge in [-0.3, -0.25) is 4.79 Å². The van der Waals surface area contributed by atoms with Gasteiger partial charge in [0.15, 0.2) is 0 Å². The lowest BCUT2D eigenvalue weighted by molar-refractivity contribution is -0.151. The van der Waals surface area contributed by atoms with Crippen LogP contribution in [-0.2, 0) is 16.0 Å². The maximum absolute atomic E-state index is 13.5. The van der Waals surface area contributed by atoms with Crippen LogP contribution in [0.2, 0.25) is 0 Å². The predicted octanol–water partition coefficient (Wildman–Crippen LogP) is 3.36. The number of amides is 2. The Hall–Kier alpha value is -2.93. The number of halogens is 1. The van der Waals surface area contributed by atoms with Crippen LogP contribution in [0.1, 0.15) is 36.1 Å². The average Bonchev–Trinajstić information content (AvgIpc) is 2.74. The van der Waals surface area contributed by atoms with Gasteiger partial charge in [-0.2, -0.15) is 0 Å². The molecule has 158 valence electrons. The van der Waals surface area contributed by atoms with Gasteiger partial charge >= 0.3 is 6.09 Å². The van der Waals surface area contributed by atoms with E-state index in [0.717, 1.165) is 17.5 Å². The number of rotatable bonds is 3. The quantitative estimate of drug-likeness (QED) is 0.810. The van der Waals surface area contributed by atoms with Crippen molar-refractivity contribution >= 4 is 12.0 Å². The molecule has 0 bridgehead atoms. The summed E-state index contributed by atoms with van der Waals surface area (Å²) in [6.45, 7) is 2.63. The van der Waals surface area contributed by atoms with Crippen LogP contribution in [-0.4, -0.2) is 47.3 Å². The van der Waals surface area contributed by atoms with E-state index in [4.69, 9.17) is 9.84 Å². The zero-order valence-electron chi connectivity index (χ0n) is 16.8. The molecule has 1 fully saturated rings. The first kappa shape index (κ1) is 20.3. The van der Waals surface area contributed by atoms with Crippen molar-refractivity contribution in [3.63, 3.8) is 0 Å². The fourth-order valence-electron chi connectivity index (χ4n) is 4.46. The molecule has 2 N–H and O–H groups in total. The van der Waals surface area contributed by atoms with Crippen LogP contribution < -0.4 is 5.32 Å².